The van der Waals surface area contributed by atoms with Gasteiger partial charge in [-0.15, -0.1) is 0 Å². The maximum absolute atomic E-state index is 2.43. The van der Waals surface area contributed by atoms with Gasteiger partial charge in [0.2, 0.25) is 0 Å². The predicted molar refractivity (Wildman–Crippen MR) is 51.0 cm³/mol. The van der Waals surface area contributed by atoms with E-state index in [0.29, 0.717) is 0 Å². The first-order chi connectivity index (χ1) is 3.48. The normalized spacial score (nSPS) is 14.3. The molecule has 0 aromatic heterocycles. The minimum absolute atomic E-state index is 0. The zero-order valence-electron chi connectivity index (χ0n) is 9.49. The third-order valence-electron chi connectivity index (χ3n) is 2.09. The second-order valence-electron chi connectivity index (χ2n) is 3.68. The summed E-state index contributed by atoms with van der Waals surface area (Å²) in [5.41, 5.74) is 0.988. The average molecular weight is 157 g/mol. The van der Waals surface area contributed by atoms with Gasteiger partial charge < -0.3 is 2.85 Å². The van der Waals surface area contributed by atoms with Crippen LogP contribution in [0.3, 0.4) is 0 Å². The maximum Gasteiger partial charge on any atom is 2.00 e. The largest absolute Gasteiger partial charge is 2.00 e. The molecule has 1 atom stereocenters. The number of hydrogen-bond donors (Lipinski definition) is 0. The van der Waals surface area contributed by atoms with Crippen LogP contribution in [0, 0.1) is 0 Å². The molecule has 0 heterocycles. The Balaban J connectivity index is -0.0000000817. The molecule has 0 saturated carbocycles. The van der Waals surface area contributed by atoms with E-state index in [1.807, 2.05) is 0 Å². The van der Waals surface area contributed by atoms with Gasteiger partial charge in [0.15, 0.2) is 0 Å². The van der Waals surface area contributed by atoms with Crippen LogP contribution in [0.25, 0.3) is 0 Å². The zero-order chi connectivity index (χ0) is 6.78. The first-order valence-electron chi connectivity index (χ1n) is 3.48. The van der Waals surface area contributed by atoms with E-state index < -0.39 is 8.07 Å². The summed E-state index contributed by atoms with van der Waals surface area (Å²) < 4.78 is 0. The van der Waals surface area contributed by atoms with E-state index >= 15 is 0 Å². The van der Waals surface area contributed by atoms with Crippen LogP contribution in [0.2, 0.25) is 25.2 Å². The summed E-state index contributed by atoms with van der Waals surface area (Å²) in [5, 5.41) is 0. The van der Waals surface area contributed by atoms with Crippen LogP contribution in [-0.4, -0.2) is 31.1 Å². The molecule has 0 bridgehead atoms. The van der Waals surface area contributed by atoms with Crippen molar-refractivity contribution in [1.29, 1.82) is 0 Å². The molecule has 54 valence electrons. The van der Waals surface area contributed by atoms with Crippen molar-refractivity contribution in [3.63, 3.8) is 0 Å². The van der Waals surface area contributed by atoms with Gasteiger partial charge in [-0.3, -0.25) is 0 Å². The zero-order valence-corrected chi connectivity index (χ0v) is 9.91. The first kappa shape index (κ1) is 12.6. The maximum atomic E-state index is 2.43. The summed E-state index contributed by atoms with van der Waals surface area (Å²) in [6.45, 7) is 11.9. The molecular weight excluding hydrogens is 136 g/mol. The molecule has 0 radical (unpaired) electrons. The van der Waals surface area contributed by atoms with Gasteiger partial charge in [-0.1, -0.05) is 39.9 Å². The Morgan fingerprint density at radius 3 is 1.67 bits per heavy atom. The van der Waals surface area contributed by atoms with E-state index in [9.17, 15) is 0 Å². The Kier molecular flexibility index (Phi) is 6.67. The van der Waals surface area contributed by atoms with Crippen LogP contribution in [0.4, 0.5) is 0 Å². The van der Waals surface area contributed by atoms with Crippen LogP contribution < -0.4 is 0 Å². The van der Waals surface area contributed by atoms with Crippen molar-refractivity contribution in [2.45, 2.75) is 45.5 Å². The molecule has 0 spiro atoms. The Morgan fingerprint density at radius 1 is 1.33 bits per heavy atom. The first-order valence-corrected chi connectivity index (χ1v) is 7.06. The van der Waals surface area contributed by atoms with Crippen molar-refractivity contribution in [1.82, 2.24) is 0 Å². The number of rotatable bonds is 2. The topological polar surface area (TPSA) is 0 Å². The minimum Gasteiger partial charge on any atom is -1.00 e. The van der Waals surface area contributed by atoms with E-state index in [-0.39, 0.29) is 25.9 Å². The molecule has 0 aliphatic rings. The Morgan fingerprint density at radius 2 is 1.67 bits per heavy atom. The molecule has 0 rings (SSSR count). The van der Waals surface area contributed by atoms with Crippen molar-refractivity contribution >= 4 is 31.1 Å². The average Bonchev–Trinajstić information content (AvgIpc) is 1.62. The van der Waals surface area contributed by atoms with Crippen molar-refractivity contribution in [3.05, 3.63) is 0 Å². The van der Waals surface area contributed by atoms with Gasteiger partial charge in [-0.05, 0) is 5.54 Å². The molecule has 0 aliphatic carbocycles. The molecule has 0 aromatic carbocycles. The van der Waals surface area contributed by atoms with Gasteiger partial charge in [0.05, 0.1) is 0 Å². The molecule has 0 fully saturated rings. The van der Waals surface area contributed by atoms with Crippen LogP contribution in [0.5, 0.6) is 0 Å². The third-order valence-corrected chi connectivity index (χ3v) is 5.46. The molecule has 0 aromatic rings. The van der Waals surface area contributed by atoms with Crippen LogP contribution in [-0.2, 0) is 0 Å². The van der Waals surface area contributed by atoms with Crippen molar-refractivity contribution in [3.8, 4) is 0 Å². The smallest absolute Gasteiger partial charge is 1.00 e. The second kappa shape index (κ2) is 4.75. The molecule has 0 N–H and O–H groups in total. The molecule has 1 unspecified atom stereocenters. The molecule has 0 saturated heterocycles. The van der Waals surface area contributed by atoms with Crippen molar-refractivity contribution < 1.29 is 2.85 Å². The van der Waals surface area contributed by atoms with E-state index in [1.165, 1.54) is 6.42 Å². The van der Waals surface area contributed by atoms with E-state index in [2.05, 4.69) is 33.5 Å². The predicted octanol–water partition coefficient (Wildman–Crippen LogP) is 2.97. The Bertz CT molecular complexity index is 73.3. The van der Waals surface area contributed by atoms with E-state index in [4.69, 9.17) is 0 Å². The molecule has 0 nitrogen and oxygen atoms in total. The van der Waals surface area contributed by atoms with Crippen LogP contribution in [0.15, 0.2) is 0 Å². The van der Waals surface area contributed by atoms with Gasteiger partial charge in [-0.2, -0.15) is 0 Å². The summed E-state index contributed by atoms with van der Waals surface area (Å²) >= 11 is 0. The summed E-state index contributed by atoms with van der Waals surface area (Å²) in [4.78, 5) is 0. The van der Waals surface area contributed by atoms with E-state index in [0.717, 1.165) is 5.54 Å². The standard InChI is InChI=1S/C7H18Si.Mg.2H/c1-6-7(2)8(3,4)5;;;/h7H,6H2,1-5H3;;;/q;+2;2*-1. The SMILES string of the molecule is CCC(C)[Si](C)(C)C.[H-].[H-].[Mg+2]. The summed E-state index contributed by atoms with van der Waals surface area (Å²) in [5.74, 6) is 0. The molecule has 9 heavy (non-hydrogen) atoms. The quantitative estimate of drug-likeness (QED) is 0.540. The fourth-order valence-electron chi connectivity index (χ4n) is 0.612. The second-order valence-corrected chi connectivity index (χ2v) is 9.39. The minimum atomic E-state index is -0.761. The monoisotopic (exact) mass is 156 g/mol. The molecular formula is C7H20MgSi. The Labute approximate surface area is 79.5 Å². The molecule has 2 heteroatoms. The third kappa shape index (κ3) is 5.43. The Hall–Kier alpha value is 0.983. The van der Waals surface area contributed by atoms with Crippen LogP contribution in [0.1, 0.15) is 23.1 Å². The van der Waals surface area contributed by atoms with Gasteiger partial charge >= 0.3 is 23.1 Å². The van der Waals surface area contributed by atoms with Crippen molar-refractivity contribution in [2.24, 2.45) is 0 Å². The van der Waals surface area contributed by atoms with Gasteiger partial charge in [0, 0.05) is 8.07 Å². The van der Waals surface area contributed by atoms with Crippen molar-refractivity contribution in [2.75, 3.05) is 0 Å². The van der Waals surface area contributed by atoms with Gasteiger partial charge in [-0.25, -0.2) is 0 Å². The fourth-order valence-corrected chi connectivity index (χ4v) is 1.84. The number of hydrogen-bond acceptors (Lipinski definition) is 0. The molecule has 0 aliphatic heterocycles. The van der Waals surface area contributed by atoms with Gasteiger partial charge in [0.25, 0.3) is 0 Å². The van der Waals surface area contributed by atoms with Gasteiger partial charge in [0.1, 0.15) is 0 Å². The van der Waals surface area contributed by atoms with Crippen LogP contribution >= 0.6 is 0 Å². The van der Waals surface area contributed by atoms with E-state index in [1.54, 1.807) is 0 Å². The molecule has 0 amide bonds. The fraction of sp³-hybridized carbons (Fsp3) is 1.00. The summed E-state index contributed by atoms with van der Waals surface area (Å²) in [6, 6.07) is 0. The summed E-state index contributed by atoms with van der Waals surface area (Å²) in [7, 11) is -0.761. The summed E-state index contributed by atoms with van der Waals surface area (Å²) in [6.07, 6.45) is 1.36.